The number of fused-ring (bicyclic) bond motifs is 2. The van der Waals surface area contributed by atoms with Crippen molar-refractivity contribution in [3.05, 3.63) is 112 Å². The highest BCUT2D eigenvalue weighted by Crippen LogP contribution is 2.43. The number of nitro groups is 1. The minimum atomic E-state index is -4.88. The number of Topliss-reactive ketones (excluding diaryl/α,β-unsaturated/α-hetero) is 1. The lowest BCUT2D eigenvalue weighted by molar-refractivity contribution is -0.386. The maximum atomic E-state index is 14.7. The van der Waals surface area contributed by atoms with Gasteiger partial charge in [-0.1, -0.05) is 31.0 Å². The first-order chi connectivity index (χ1) is 43.6. The van der Waals surface area contributed by atoms with E-state index < -0.39 is 56.6 Å². The van der Waals surface area contributed by atoms with Crippen LogP contribution in [0.15, 0.2) is 89.4 Å². The number of unbranched alkanes of at least 4 members (excludes halogenated alkanes) is 3. The minimum absolute atomic E-state index is 0.0371. The number of ketones is 1. The van der Waals surface area contributed by atoms with Crippen LogP contribution in [-0.2, 0) is 48.4 Å². The van der Waals surface area contributed by atoms with Crippen LogP contribution in [0.3, 0.4) is 0 Å². The van der Waals surface area contributed by atoms with E-state index in [0.29, 0.717) is 92.7 Å². The second kappa shape index (κ2) is 34.6. The van der Waals surface area contributed by atoms with E-state index in [1.54, 1.807) is 19.1 Å². The molecule has 3 aromatic rings. The number of imide groups is 1. The molecule has 1 fully saturated rings. The molecule has 3 heterocycles. The van der Waals surface area contributed by atoms with Gasteiger partial charge in [0.25, 0.3) is 23.4 Å². The van der Waals surface area contributed by atoms with Gasteiger partial charge < -0.3 is 48.4 Å². The number of hydrogen-bond donors (Lipinski definition) is 2. The number of likely N-dealkylation sites (tertiary alicyclic amines) is 1. The summed E-state index contributed by atoms with van der Waals surface area (Å²) < 4.78 is 65.9. The lowest BCUT2D eigenvalue weighted by Gasteiger charge is -2.28. The highest BCUT2D eigenvalue weighted by Gasteiger charge is 2.38. The zero-order valence-corrected chi connectivity index (χ0v) is 54.1. The molecule has 3 atom stereocenters. The molecular weight excluding hydrogens is 1190 g/mol. The number of amides is 5. The molecule has 7 rings (SSSR count). The lowest BCUT2D eigenvalue weighted by atomic mass is 9.90. The van der Waals surface area contributed by atoms with Crippen LogP contribution < -0.4 is 34.9 Å². The number of esters is 1. The van der Waals surface area contributed by atoms with Gasteiger partial charge in [-0.3, -0.25) is 48.6 Å². The van der Waals surface area contributed by atoms with Crippen LogP contribution in [0.2, 0.25) is 0 Å². The van der Waals surface area contributed by atoms with Gasteiger partial charge in [-0.05, 0) is 116 Å². The summed E-state index contributed by atoms with van der Waals surface area (Å²) in [6.45, 7) is 18.5. The Labute approximate surface area is 531 Å². The highest BCUT2D eigenvalue weighted by atomic mass is 32.2. The van der Waals surface area contributed by atoms with Gasteiger partial charge in [-0.25, -0.2) is 13.0 Å². The smallest absolute Gasteiger partial charge is 0.306 e. The number of rotatable bonds is 33. The molecule has 1 saturated heterocycles. The SMILES string of the molecule is CCNC(=O)CCCCCCC(=O)C(CS(=O)(=O)[O-])NC(=O)C1CCCN1C(=O)c1ccccc1-c1c2ccc(=[N+](CC)CC)cc-2oc2cc(N(CC)CC)ccc12.CCOc1cc([N+](=O)[O-])c(C(C)OC(=O)CCCOCCN2C(=O)C=CC2=O)cc1OC. The van der Waals surface area contributed by atoms with E-state index in [9.17, 15) is 56.6 Å². The monoisotopic (exact) mass is 1280 g/mol. The summed E-state index contributed by atoms with van der Waals surface area (Å²) in [5.41, 5.74) is 4.31. The first-order valence-electron chi connectivity index (χ1n) is 31.2. The summed E-state index contributed by atoms with van der Waals surface area (Å²) >= 11 is 0. The van der Waals surface area contributed by atoms with Crippen molar-refractivity contribution in [3.8, 4) is 33.9 Å². The maximum Gasteiger partial charge on any atom is 0.306 e. The Morgan fingerprint density at radius 1 is 0.824 bits per heavy atom. The molecule has 5 amide bonds. The first-order valence-corrected chi connectivity index (χ1v) is 32.8. The topological polar surface area (TPSA) is 307 Å². The van der Waals surface area contributed by atoms with Crippen LogP contribution >= 0.6 is 0 Å². The second-order valence-corrected chi connectivity index (χ2v) is 23.2. The third-order valence-corrected chi connectivity index (χ3v) is 16.5. The van der Waals surface area contributed by atoms with Crippen molar-refractivity contribution in [2.45, 2.75) is 131 Å². The Morgan fingerprint density at radius 2 is 1.53 bits per heavy atom. The van der Waals surface area contributed by atoms with E-state index in [1.807, 2.05) is 43.3 Å². The predicted octanol–water partition coefficient (Wildman–Crippen LogP) is 7.87. The van der Waals surface area contributed by atoms with Gasteiger partial charge in [-0.2, -0.15) is 0 Å². The van der Waals surface area contributed by atoms with E-state index in [4.69, 9.17) is 23.4 Å². The minimum Gasteiger partial charge on any atom is -0.748 e. The van der Waals surface area contributed by atoms with Crippen molar-refractivity contribution in [1.82, 2.24) is 25.0 Å². The zero-order valence-electron chi connectivity index (χ0n) is 53.2. The molecule has 3 aromatic carbocycles. The molecule has 25 heteroatoms. The van der Waals surface area contributed by atoms with Crippen molar-refractivity contribution < 1.29 is 74.8 Å². The van der Waals surface area contributed by atoms with Crippen molar-refractivity contribution in [2.75, 3.05) is 83.4 Å². The fourth-order valence-electron chi connectivity index (χ4n) is 11.2. The number of benzene rings is 4. The van der Waals surface area contributed by atoms with Crippen LogP contribution in [0, 0.1) is 10.1 Å². The van der Waals surface area contributed by atoms with Crippen molar-refractivity contribution in [1.29, 1.82) is 0 Å². The van der Waals surface area contributed by atoms with E-state index in [-0.39, 0.29) is 79.8 Å². The van der Waals surface area contributed by atoms with Crippen LogP contribution in [0.25, 0.3) is 33.4 Å². The number of nitrogens with one attached hydrogen (secondary N) is 2. The number of ether oxygens (including phenoxy) is 4. The highest BCUT2D eigenvalue weighted by molar-refractivity contribution is 7.85. The van der Waals surface area contributed by atoms with Gasteiger partial charge in [-0.15, -0.1) is 0 Å². The third-order valence-electron chi connectivity index (χ3n) is 15.8. The van der Waals surface area contributed by atoms with Gasteiger partial charge in [0.1, 0.15) is 42.6 Å². The zero-order chi connectivity index (χ0) is 66.4. The van der Waals surface area contributed by atoms with Crippen LogP contribution in [0.1, 0.15) is 135 Å². The number of methoxy groups -OCH3 is 1. The normalized spacial score (nSPS) is 14.4. The Morgan fingerprint density at radius 3 is 2.18 bits per heavy atom. The Balaban J connectivity index is 0.000000347. The Bertz CT molecular complexity index is 3580. The van der Waals surface area contributed by atoms with E-state index >= 15 is 0 Å². The molecule has 3 aliphatic heterocycles. The molecule has 0 radical (unpaired) electrons. The fourth-order valence-corrected chi connectivity index (χ4v) is 11.8. The van der Waals surface area contributed by atoms with Crippen LogP contribution in [0.4, 0.5) is 11.4 Å². The number of nitrogens with zero attached hydrogens (tertiary/aromatic N) is 5. The maximum absolute atomic E-state index is 14.7. The van der Waals surface area contributed by atoms with E-state index in [0.717, 1.165) is 58.6 Å². The summed E-state index contributed by atoms with van der Waals surface area (Å²) in [7, 11) is -3.47. The third kappa shape index (κ3) is 19.5. The molecule has 3 unspecified atom stereocenters. The average Bonchev–Trinajstić information content (AvgIpc) is 1.26. The largest absolute Gasteiger partial charge is 0.748 e. The standard InChI is InChI=1S/C45H59N5O8S.C21H26N2O9/c1-6-46-42(52)22-14-12-11-13-21-39(51)37(30-59(55,56)57)47-44(53)38-20-17-27-50(38)45(54)34-19-16-15-18-33(34)43-35-25-23-31(48(7-2)8-3)28-40(35)58-41-29-32(24-26-36(41)43)49(9-4)10-5;1-4-31-18-13-16(23(27)28)15(12-17(18)29-3)14(2)32-21(26)6-5-10-30-11-9-22-19(24)7-8-20(22)25/h15-16,18-19,23-26,28-29,37-38H,6-14,17,20-22,27,30H2,1-5H3,(H2-,46,47,52,53,55,56,57);7-8,12-14H,4-6,9-11H2,1-3H3. The van der Waals surface area contributed by atoms with Crippen molar-refractivity contribution >= 4 is 73.8 Å². The van der Waals surface area contributed by atoms with Crippen molar-refractivity contribution in [3.63, 3.8) is 0 Å². The average molecular weight is 1280 g/mol. The number of hydrogen-bond acceptors (Lipinski definition) is 18. The summed E-state index contributed by atoms with van der Waals surface area (Å²) in [5.74, 6) is -2.85. The van der Waals surface area contributed by atoms with Crippen LogP contribution in [-0.4, -0.2) is 160 Å². The molecule has 0 aromatic heterocycles. The summed E-state index contributed by atoms with van der Waals surface area (Å²) in [5, 5.41) is 18.6. The molecule has 91 heavy (non-hydrogen) atoms. The molecule has 4 aliphatic rings. The van der Waals surface area contributed by atoms with E-state index in [2.05, 4.69) is 59.9 Å². The molecule has 0 bridgehead atoms. The molecule has 492 valence electrons. The van der Waals surface area contributed by atoms with Gasteiger partial charge >= 0.3 is 5.97 Å². The summed E-state index contributed by atoms with van der Waals surface area (Å²) in [6.07, 6.45) is 5.42. The van der Waals surface area contributed by atoms with Gasteiger partial charge in [0.05, 0.1) is 65.4 Å². The lowest BCUT2D eigenvalue weighted by Crippen LogP contribution is -2.52. The predicted molar refractivity (Wildman–Crippen MR) is 341 cm³/mol. The number of anilines is 1. The van der Waals surface area contributed by atoms with Gasteiger partial charge in [0, 0.05) is 104 Å². The first kappa shape index (κ1) is 71.5. The molecular formula is C66H85N7O17S. The number of nitro benzene ring substituents is 1. The Hall–Kier alpha value is -8.55. The Kier molecular flexibility index (Phi) is 27.2. The second-order valence-electron chi connectivity index (χ2n) is 21.8. The number of carbonyl (C=O) groups is 7. The molecule has 2 N–H and O–H groups in total. The summed E-state index contributed by atoms with van der Waals surface area (Å²) in [6, 6.07) is 19.7. The quantitative estimate of drug-likeness (QED) is 0.00590. The number of carbonyl (C=O) groups excluding carboxylic acids is 7. The van der Waals surface area contributed by atoms with E-state index in [1.165, 1.54) is 43.2 Å². The fraction of sp³-hybridized carbons (Fsp3) is 0.485. The molecule has 24 nitrogen and oxygen atoms in total. The molecule has 0 spiro atoms. The van der Waals surface area contributed by atoms with Gasteiger partial charge in [0.15, 0.2) is 17.3 Å². The van der Waals surface area contributed by atoms with Crippen molar-refractivity contribution in [2.24, 2.45) is 0 Å². The molecule has 1 aliphatic carbocycles. The summed E-state index contributed by atoms with van der Waals surface area (Å²) in [4.78, 5) is 104. The molecule has 0 saturated carbocycles. The van der Waals surface area contributed by atoms with Gasteiger partial charge in [0.2, 0.25) is 17.2 Å². The van der Waals surface area contributed by atoms with Crippen LogP contribution in [0.5, 0.6) is 11.5 Å².